The van der Waals surface area contributed by atoms with Crippen LogP contribution in [0.15, 0.2) is 24.3 Å². The molecule has 1 aromatic carbocycles. The summed E-state index contributed by atoms with van der Waals surface area (Å²) in [5, 5.41) is 2.91. The SMILES string of the molecule is CCOC(=O)CC(NC(=O)C1CCCC(N)C1)c1ccc(F)cc1.Cl. The summed E-state index contributed by atoms with van der Waals surface area (Å²) in [6.45, 7) is 2.01. The van der Waals surface area contributed by atoms with E-state index in [0.717, 1.165) is 19.3 Å². The Labute approximate surface area is 153 Å². The number of hydrogen-bond donors (Lipinski definition) is 2. The lowest BCUT2D eigenvalue weighted by molar-refractivity contribution is -0.144. The van der Waals surface area contributed by atoms with Gasteiger partial charge in [0.05, 0.1) is 19.1 Å². The molecule has 0 aliphatic heterocycles. The minimum atomic E-state index is -0.532. The number of ether oxygens (including phenoxy) is 1. The summed E-state index contributed by atoms with van der Waals surface area (Å²) < 4.78 is 18.1. The van der Waals surface area contributed by atoms with E-state index >= 15 is 0 Å². The second kappa shape index (κ2) is 10.4. The number of amides is 1. The number of nitrogens with one attached hydrogen (secondary N) is 1. The molecule has 0 saturated heterocycles. The van der Waals surface area contributed by atoms with Crippen molar-refractivity contribution in [2.75, 3.05) is 6.61 Å². The van der Waals surface area contributed by atoms with Crippen molar-refractivity contribution in [2.24, 2.45) is 11.7 Å². The van der Waals surface area contributed by atoms with Gasteiger partial charge in [-0.25, -0.2) is 4.39 Å². The molecule has 1 saturated carbocycles. The van der Waals surface area contributed by atoms with E-state index in [9.17, 15) is 14.0 Å². The van der Waals surface area contributed by atoms with E-state index in [0.29, 0.717) is 12.0 Å². The Kier molecular flexibility index (Phi) is 8.86. The first-order valence-electron chi connectivity index (χ1n) is 8.46. The molecule has 3 N–H and O–H groups in total. The number of nitrogens with two attached hydrogens (primary N) is 1. The lowest BCUT2D eigenvalue weighted by atomic mass is 9.85. The number of halogens is 2. The van der Waals surface area contributed by atoms with Crippen LogP contribution in [0, 0.1) is 11.7 Å². The maximum Gasteiger partial charge on any atom is 0.308 e. The van der Waals surface area contributed by atoms with Gasteiger partial charge in [-0.2, -0.15) is 0 Å². The van der Waals surface area contributed by atoms with Gasteiger partial charge in [0, 0.05) is 12.0 Å². The largest absolute Gasteiger partial charge is 0.466 e. The van der Waals surface area contributed by atoms with Crippen LogP contribution in [0.25, 0.3) is 0 Å². The van der Waals surface area contributed by atoms with Gasteiger partial charge in [0.15, 0.2) is 0 Å². The third-order valence-electron chi connectivity index (χ3n) is 4.35. The molecule has 7 heteroatoms. The molecular weight excluding hydrogens is 347 g/mol. The summed E-state index contributed by atoms with van der Waals surface area (Å²) in [6, 6.07) is 5.30. The summed E-state index contributed by atoms with van der Waals surface area (Å²) in [4.78, 5) is 24.4. The van der Waals surface area contributed by atoms with Gasteiger partial charge in [-0.15, -0.1) is 12.4 Å². The zero-order valence-corrected chi connectivity index (χ0v) is 15.2. The van der Waals surface area contributed by atoms with Crippen LogP contribution >= 0.6 is 12.4 Å². The van der Waals surface area contributed by atoms with Gasteiger partial charge in [0.25, 0.3) is 0 Å². The summed E-state index contributed by atoms with van der Waals surface area (Å²) in [5.74, 6) is -1.01. The Bertz CT molecular complexity index is 568. The van der Waals surface area contributed by atoms with Gasteiger partial charge in [-0.05, 0) is 43.9 Å². The monoisotopic (exact) mass is 372 g/mol. The fourth-order valence-corrected chi connectivity index (χ4v) is 3.09. The molecule has 0 heterocycles. The predicted octanol–water partition coefficient (Wildman–Crippen LogP) is 2.88. The summed E-state index contributed by atoms with van der Waals surface area (Å²) in [6.07, 6.45) is 3.34. The molecule has 5 nitrogen and oxygen atoms in total. The maximum absolute atomic E-state index is 13.1. The highest BCUT2D eigenvalue weighted by Gasteiger charge is 2.28. The van der Waals surface area contributed by atoms with Crippen LogP contribution in [-0.4, -0.2) is 24.5 Å². The maximum atomic E-state index is 13.1. The van der Waals surface area contributed by atoms with Crippen LogP contribution < -0.4 is 11.1 Å². The van der Waals surface area contributed by atoms with Gasteiger partial charge >= 0.3 is 5.97 Å². The number of rotatable bonds is 6. The van der Waals surface area contributed by atoms with E-state index in [1.807, 2.05) is 0 Å². The average Bonchev–Trinajstić information content (AvgIpc) is 2.55. The van der Waals surface area contributed by atoms with Crippen molar-refractivity contribution in [1.82, 2.24) is 5.32 Å². The van der Waals surface area contributed by atoms with Crippen LogP contribution in [0.3, 0.4) is 0 Å². The molecule has 3 atom stereocenters. The Hall–Kier alpha value is -1.66. The van der Waals surface area contributed by atoms with Gasteiger partial charge in [-0.3, -0.25) is 9.59 Å². The predicted molar refractivity (Wildman–Crippen MR) is 95.7 cm³/mol. The highest BCUT2D eigenvalue weighted by atomic mass is 35.5. The highest BCUT2D eigenvalue weighted by Crippen LogP contribution is 2.25. The van der Waals surface area contributed by atoms with Gasteiger partial charge in [-0.1, -0.05) is 18.6 Å². The topological polar surface area (TPSA) is 81.4 Å². The van der Waals surface area contributed by atoms with Gasteiger partial charge < -0.3 is 15.8 Å². The molecule has 0 bridgehead atoms. The number of esters is 1. The third kappa shape index (κ3) is 6.63. The van der Waals surface area contributed by atoms with Crippen molar-refractivity contribution < 1.29 is 18.7 Å². The molecule has 1 aromatic rings. The molecule has 1 fully saturated rings. The first kappa shape index (κ1) is 21.4. The molecular formula is C18H26ClFN2O3. The number of hydrogen-bond acceptors (Lipinski definition) is 4. The normalized spacial score (nSPS) is 20.9. The lowest BCUT2D eigenvalue weighted by Crippen LogP contribution is -2.40. The zero-order valence-electron chi connectivity index (χ0n) is 14.4. The first-order chi connectivity index (χ1) is 11.5. The van der Waals surface area contributed by atoms with E-state index in [-0.39, 0.29) is 49.1 Å². The molecule has 0 spiro atoms. The second-order valence-electron chi connectivity index (χ2n) is 6.25. The van der Waals surface area contributed by atoms with E-state index in [2.05, 4.69) is 5.32 Å². The molecule has 1 aliphatic carbocycles. The third-order valence-corrected chi connectivity index (χ3v) is 4.35. The Morgan fingerprint density at radius 1 is 1.32 bits per heavy atom. The molecule has 3 unspecified atom stereocenters. The fourth-order valence-electron chi connectivity index (χ4n) is 3.09. The first-order valence-corrected chi connectivity index (χ1v) is 8.46. The Morgan fingerprint density at radius 2 is 2.00 bits per heavy atom. The molecule has 140 valence electrons. The standard InChI is InChI=1S/C18H25FN2O3.ClH/c1-2-24-17(22)11-16(12-6-8-14(19)9-7-12)21-18(23)13-4-3-5-15(20)10-13;/h6-9,13,15-16H,2-5,10-11,20H2,1H3,(H,21,23);1H. The van der Waals surface area contributed by atoms with Crippen LogP contribution in [0.4, 0.5) is 4.39 Å². The Balaban J connectivity index is 0.00000312. The molecule has 1 aliphatic rings. The van der Waals surface area contributed by atoms with Gasteiger partial charge in [0.2, 0.25) is 5.91 Å². The molecule has 1 amide bonds. The van der Waals surface area contributed by atoms with E-state index in [1.165, 1.54) is 12.1 Å². The van der Waals surface area contributed by atoms with Crippen LogP contribution in [0.5, 0.6) is 0 Å². The summed E-state index contributed by atoms with van der Waals surface area (Å²) in [7, 11) is 0. The fraction of sp³-hybridized carbons (Fsp3) is 0.556. The van der Waals surface area contributed by atoms with Crippen molar-refractivity contribution in [3.05, 3.63) is 35.6 Å². The van der Waals surface area contributed by atoms with Crippen LogP contribution in [0.2, 0.25) is 0 Å². The van der Waals surface area contributed by atoms with Crippen LogP contribution in [-0.2, 0) is 14.3 Å². The van der Waals surface area contributed by atoms with Crippen molar-refractivity contribution in [2.45, 2.75) is 51.1 Å². The van der Waals surface area contributed by atoms with Crippen LogP contribution in [0.1, 0.15) is 50.6 Å². The Morgan fingerprint density at radius 3 is 2.60 bits per heavy atom. The molecule has 0 radical (unpaired) electrons. The lowest BCUT2D eigenvalue weighted by Gasteiger charge is -2.28. The van der Waals surface area contributed by atoms with Crippen molar-refractivity contribution in [3.63, 3.8) is 0 Å². The van der Waals surface area contributed by atoms with Crippen molar-refractivity contribution in [1.29, 1.82) is 0 Å². The number of carbonyl (C=O) groups is 2. The second-order valence-corrected chi connectivity index (χ2v) is 6.25. The van der Waals surface area contributed by atoms with E-state index < -0.39 is 12.0 Å². The summed E-state index contributed by atoms with van der Waals surface area (Å²) >= 11 is 0. The minimum absolute atomic E-state index is 0. The number of carbonyl (C=O) groups excluding carboxylic acids is 2. The quantitative estimate of drug-likeness (QED) is 0.752. The average molecular weight is 373 g/mol. The molecule has 0 aromatic heterocycles. The zero-order chi connectivity index (χ0) is 17.5. The smallest absolute Gasteiger partial charge is 0.308 e. The summed E-state index contributed by atoms with van der Waals surface area (Å²) in [5.41, 5.74) is 6.62. The van der Waals surface area contributed by atoms with Crippen molar-refractivity contribution >= 4 is 24.3 Å². The highest BCUT2D eigenvalue weighted by molar-refractivity contribution is 5.85. The van der Waals surface area contributed by atoms with E-state index in [4.69, 9.17) is 10.5 Å². The molecule has 25 heavy (non-hydrogen) atoms. The minimum Gasteiger partial charge on any atom is -0.466 e. The van der Waals surface area contributed by atoms with Crippen molar-refractivity contribution in [3.8, 4) is 0 Å². The molecule has 2 rings (SSSR count). The number of benzene rings is 1. The van der Waals surface area contributed by atoms with E-state index in [1.54, 1.807) is 19.1 Å². The van der Waals surface area contributed by atoms with Gasteiger partial charge in [0.1, 0.15) is 5.82 Å².